The van der Waals surface area contributed by atoms with E-state index in [1.807, 2.05) is 35.2 Å². The molecule has 1 unspecified atom stereocenters. The fourth-order valence-corrected chi connectivity index (χ4v) is 4.25. The Morgan fingerprint density at radius 3 is 2.32 bits per heavy atom. The first-order valence-electron chi connectivity index (χ1n) is 10.6. The van der Waals surface area contributed by atoms with Gasteiger partial charge >= 0.3 is 0 Å². The monoisotopic (exact) mass is 386 g/mol. The second-order valence-corrected chi connectivity index (χ2v) is 8.33. The number of benzene rings is 1. The molecule has 6 heteroatoms. The van der Waals surface area contributed by atoms with E-state index in [-0.39, 0.29) is 17.7 Å². The van der Waals surface area contributed by atoms with E-state index in [1.165, 1.54) is 0 Å². The minimum atomic E-state index is -0.495. The summed E-state index contributed by atoms with van der Waals surface area (Å²) < 4.78 is 0. The average Bonchev–Trinajstić information content (AvgIpc) is 2.74. The molecule has 2 amide bonds. The highest BCUT2D eigenvalue weighted by molar-refractivity contribution is 5.89. The molecule has 2 fully saturated rings. The second-order valence-electron chi connectivity index (χ2n) is 8.33. The first-order valence-corrected chi connectivity index (χ1v) is 10.6. The maximum absolute atomic E-state index is 13.2. The summed E-state index contributed by atoms with van der Waals surface area (Å²) in [5.74, 6) is 0.609. The fraction of sp³-hybridized carbons (Fsp3) is 0.636. The lowest BCUT2D eigenvalue weighted by Gasteiger charge is -2.35. The van der Waals surface area contributed by atoms with Crippen molar-refractivity contribution >= 4 is 11.8 Å². The smallest absolute Gasteiger partial charge is 0.245 e. The Morgan fingerprint density at radius 2 is 1.71 bits per heavy atom. The molecule has 0 bridgehead atoms. The van der Waals surface area contributed by atoms with E-state index in [2.05, 4.69) is 17.3 Å². The van der Waals surface area contributed by atoms with Crippen LogP contribution in [-0.2, 0) is 16.0 Å². The number of hydrogen-bond acceptors (Lipinski definition) is 4. The molecule has 1 aromatic carbocycles. The van der Waals surface area contributed by atoms with Gasteiger partial charge in [0.1, 0.15) is 6.04 Å². The third kappa shape index (κ3) is 5.55. The third-order valence-electron chi connectivity index (χ3n) is 6.26. The number of carbonyl (C=O) groups excluding carboxylic acids is 2. The van der Waals surface area contributed by atoms with Crippen molar-refractivity contribution in [2.75, 3.05) is 39.8 Å². The summed E-state index contributed by atoms with van der Waals surface area (Å²) in [6.07, 6.45) is 4.29. The van der Waals surface area contributed by atoms with E-state index in [0.717, 1.165) is 57.4 Å². The lowest BCUT2D eigenvalue weighted by molar-refractivity contribution is -0.139. The van der Waals surface area contributed by atoms with Crippen molar-refractivity contribution in [3.63, 3.8) is 0 Å². The van der Waals surface area contributed by atoms with Gasteiger partial charge in [-0.05, 0) is 50.8 Å². The molecule has 3 N–H and O–H groups in total. The lowest BCUT2D eigenvalue weighted by atomic mass is 9.81. The van der Waals surface area contributed by atoms with Crippen LogP contribution in [0.4, 0.5) is 0 Å². The first-order chi connectivity index (χ1) is 13.6. The summed E-state index contributed by atoms with van der Waals surface area (Å²) in [7, 11) is 2.07. The van der Waals surface area contributed by atoms with Crippen LogP contribution in [0.1, 0.15) is 31.2 Å². The maximum Gasteiger partial charge on any atom is 0.245 e. The predicted octanol–water partition coefficient (Wildman–Crippen LogP) is 1.25. The summed E-state index contributed by atoms with van der Waals surface area (Å²) >= 11 is 0. The van der Waals surface area contributed by atoms with Crippen LogP contribution in [0.25, 0.3) is 0 Å². The Balaban J connectivity index is 1.65. The van der Waals surface area contributed by atoms with Crippen LogP contribution in [-0.4, -0.2) is 67.4 Å². The van der Waals surface area contributed by atoms with Crippen molar-refractivity contribution in [3.8, 4) is 0 Å². The quantitative estimate of drug-likeness (QED) is 0.771. The maximum atomic E-state index is 13.2. The third-order valence-corrected chi connectivity index (χ3v) is 6.26. The molecule has 1 heterocycles. The van der Waals surface area contributed by atoms with Gasteiger partial charge in [0.2, 0.25) is 11.8 Å². The van der Waals surface area contributed by atoms with Crippen LogP contribution in [0, 0.1) is 11.8 Å². The molecule has 1 atom stereocenters. The van der Waals surface area contributed by atoms with E-state index < -0.39 is 6.04 Å². The molecule has 3 rings (SSSR count). The summed E-state index contributed by atoms with van der Waals surface area (Å²) in [6, 6.07) is 9.46. The van der Waals surface area contributed by atoms with Crippen LogP contribution in [0.2, 0.25) is 0 Å². The van der Waals surface area contributed by atoms with Crippen molar-refractivity contribution in [2.24, 2.45) is 17.6 Å². The second kappa shape index (κ2) is 10.0. The average molecular weight is 387 g/mol. The van der Waals surface area contributed by atoms with Gasteiger partial charge in [0.15, 0.2) is 0 Å². The van der Waals surface area contributed by atoms with Crippen LogP contribution in [0.15, 0.2) is 30.3 Å². The van der Waals surface area contributed by atoms with E-state index in [0.29, 0.717) is 18.9 Å². The molecule has 1 saturated carbocycles. The number of hydrogen-bond donors (Lipinski definition) is 2. The summed E-state index contributed by atoms with van der Waals surface area (Å²) in [4.78, 5) is 30.2. The lowest BCUT2D eigenvalue weighted by Crippen LogP contribution is -2.55. The molecule has 0 spiro atoms. The number of likely N-dealkylation sites (N-methyl/N-ethyl adjacent to an activating group) is 1. The Bertz CT molecular complexity index is 635. The molecule has 1 aliphatic heterocycles. The van der Waals surface area contributed by atoms with E-state index in [4.69, 9.17) is 5.73 Å². The minimum Gasteiger partial charge on any atom is -0.344 e. The van der Waals surface area contributed by atoms with Crippen molar-refractivity contribution in [1.29, 1.82) is 0 Å². The first kappa shape index (κ1) is 20.8. The predicted molar refractivity (Wildman–Crippen MR) is 111 cm³/mol. The molecule has 0 radical (unpaired) electrons. The minimum absolute atomic E-state index is 0.00126. The molecule has 28 heavy (non-hydrogen) atoms. The van der Waals surface area contributed by atoms with Crippen LogP contribution < -0.4 is 11.1 Å². The van der Waals surface area contributed by atoms with Crippen molar-refractivity contribution < 1.29 is 9.59 Å². The highest BCUT2D eigenvalue weighted by atomic mass is 16.2. The summed E-state index contributed by atoms with van der Waals surface area (Å²) in [5, 5.41) is 3.10. The molecule has 154 valence electrons. The Labute approximate surface area is 168 Å². The van der Waals surface area contributed by atoms with Gasteiger partial charge in [-0.1, -0.05) is 30.3 Å². The van der Waals surface area contributed by atoms with Gasteiger partial charge in [0.05, 0.1) is 0 Å². The van der Waals surface area contributed by atoms with E-state index in [9.17, 15) is 9.59 Å². The van der Waals surface area contributed by atoms with Gasteiger partial charge in [0.25, 0.3) is 0 Å². The number of rotatable bonds is 6. The zero-order chi connectivity index (χ0) is 19.9. The Kier molecular flexibility index (Phi) is 7.45. The highest BCUT2D eigenvalue weighted by Crippen LogP contribution is 2.28. The van der Waals surface area contributed by atoms with Gasteiger partial charge < -0.3 is 20.9 Å². The van der Waals surface area contributed by atoms with Gasteiger partial charge in [-0.25, -0.2) is 0 Å². The van der Waals surface area contributed by atoms with Gasteiger partial charge in [-0.2, -0.15) is 0 Å². The molecular formula is C22H34N4O2. The largest absolute Gasteiger partial charge is 0.344 e. The standard InChI is InChI=1S/C22H34N4O2/c1-25-11-13-26(14-12-25)22(28)20(15-17-5-3-2-4-6-17)24-21(27)19-9-7-18(16-23)8-10-19/h2-6,18-20H,7-16,23H2,1H3,(H,24,27). The van der Waals surface area contributed by atoms with Crippen LogP contribution in [0.3, 0.4) is 0 Å². The topological polar surface area (TPSA) is 78.7 Å². The molecular weight excluding hydrogens is 352 g/mol. The molecule has 1 saturated heterocycles. The molecule has 1 aliphatic carbocycles. The van der Waals surface area contributed by atoms with Gasteiger partial charge in [0, 0.05) is 38.5 Å². The zero-order valence-electron chi connectivity index (χ0n) is 17.0. The normalized spacial score (nSPS) is 24.6. The van der Waals surface area contributed by atoms with Gasteiger partial charge in [-0.15, -0.1) is 0 Å². The number of nitrogens with two attached hydrogens (primary N) is 1. The molecule has 2 aliphatic rings. The van der Waals surface area contributed by atoms with Crippen LogP contribution >= 0.6 is 0 Å². The van der Waals surface area contributed by atoms with E-state index in [1.54, 1.807) is 0 Å². The Hall–Kier alpha value is -1.92. The van der Waals surface area contributed by atoms with Crippen molar-refractivity contribution in [2.45, 2.75) is 38.1 Å². The molecule has 6 nitrogen and oxygen atoms in total. The summed E-state index contributed by atoms with van der Waals surface area (Å²) in [6.45, 7) is 3.89. The number of amides is 2. The molecule has 0 aromatic heterocycles. The highest BCUT2D eigenvalue weighted by Gasteiger charge is 2.31. The number of nitrogens with zero attached hydrogens (tertiary/aromatic N) is 2. The fourth-order valence-electron chi connectivity index (χ4n) is 4.25. The number of piperazine rings is 1. The molecule has 1 aromatic rings. The van der Waals surface area contributed by atoms with Gasteiger partial charge in [-0.3, -0.25) is 9.59 Å². The zero-order valence-corrected chi connectivity index (χ0v) is 17.0. The summed E-state index contributed by atoms with van der Waals surface area (Å²) in [5.41, 5.74) is 6.84. The van der Waals surface area contributed by atoms with E-state index >= 15 is 0 Å². The Morgan fingerprint density at radius 1 is 1.07 bits per heavy atom. The number of carbonyl (C=O) groups is 2. The van der Waals surface area contributed by atoms with Crippen molar-refractivity contribution in [1.82, 2.24) is 15.1 Å². The number of nitrogens with one attached hydrogen (secondary N) is 1. The van der Waals surface area contributed by atoms with Crippen molar-refractivity contribution in [3.05, 3.63) is 35.9 Å². The SMILES string of the molecule is CN1CCN(C(=O)C(Cc2ccccc2)NC(=O)C2CCC(CN)CC2)CC1. The van der Waals surface area contributed by atoms with Crippen LogP contribution in [0.5, 0.6) is 0 Å².